The van der Waals surface area contributed by atoms with Gasteiger partial charge in [-0.3, -0.25) is 0 Å². The lowest BCUT2D eigenvalue weighted by molar-refractivity contribution is -0.00537. The Kier molecular flexibility index (Phi) is 5.88. The molecule has 31 heavy (non-hydrogen) atoms. The number of carboxylic acid groups (broad SMARTS) is 1. The van der Waals surface area contributed by atoms with Crippen molar-refractivity contribution in [1.29, 1.82) is 0 Å². The van der Waals surface area contributed by atoms with Crippen molar-refractivity contribution in [2.45, 2.75) is 59.0 Å². The molecule has 1 heterocycles. The number of hydrogen-bond donors (Lipinski definition) is 1. The predicted molar refractivity (Wildman–Crippen MR) is 120 cm³/mol. The predicted octanol–water partition coefficient (Wildman–Crippen LogP) is 5.93. The summed E-state index contributed by atoms with van der Waals surface area (Å²) in [4.78, 5) is 11.8. The van der Waals surface area contributed by atoms with Crippen LogP contribution in [0.3, 0.4) is 0 Å². The molecular weight excluding hydrogens is 392 g/mol. The average Bonchev–Trinajstić information content (AvgIpc) is 2.72. The smallest absolute Gasteiger partial charge is 0.335 e. The van der Waals surface area contributed by atoms with Gasteiger partial charge < -0.3 is 19.3 Å². The van der Waals surface area contributed by atoms with Gasteiger partial charge in [0.25, 0.3) is 0 Å². The minimum Gasteiger partial charge on any atom is -0.490 e. The fraction of sp³-hybridized carbons (Fsp3) is 0.346. The Hall–Kier alpha value is -3.05. The van der Waals surface area contributed by atoms with Crippen molar-refractivity contribution in [2.24, 2.45) is 0 Å². The highest BCUT2D eigenvalue weighted by atomic mass is 16.5. The molecule has 1 aliphatic rings. The Labute approximate surface area is 182 Å². The van der Waals surface area contributed by atoms with E-state index in [1.54, 1.807) is 12.1 Å². The largest absolute Gasteiger partial charge is 0.490 e. The van der Waals surface area contributed by atoms with Gasteiger partial charge in [-0.15, -0.1) is 0 Å². The number of carboxylic acids is 1. The van der Waals surface area contributed by atoms with E-state index in [1.165, 1.54) is 0 Å². The lowest BCUT2D eigenvalue weighted by atomic mass is 9.89. The monoisotopic (exact) mass is 420 g/mol. The third-order valence-corrected chi connectivity index (χ3v) is 5.51. The number of aromatic carboxylic acids is 1. The number of fused-ring (bicyclic) bond motifs is 2. The molecule has 0 aromatic heterocycles. The Balaban J connectivity index is 1.94. The Bertz CT molecular complexity index is 1100. The van der Waals surface area contributed by atoms with Crippen LogP contribution in [0, 0.1) is 0 Å². The second kappa shape index (κ2) is 8.60. The van der Waals surface area contributed by atoms with Crippen LogP contribution in [0.4, 0.5) is 0 Å². The van der Waals surface area contributed by atoms with E-state index in [-0.39, 0.29) is 23.9 Å². The van der Waals surface area contributed by atoms with Crippen LogP contribution in [0.25, 0.3) is 10.8 Å². The molecule has 4 rings (SSSR count). The first kappa shape index (κ1) is 21.2. The topological polar surface area (TPSA) is 65.0 Å². The standard InChI is InChI=1S/C26H28O5/c1-15(2)30-24-12-19(26(27)28)11-23-21(24)13-20-17(4)31-16(3)10-22(20)25(23)29-14-18-8-6-5-7-9-18/h5-9,11-13,15-17H,10,14H2,1-4H3,(H,27,28)/t16-,17+/m0/s1. The molecule has 2 atom stereocenters. The summed E-state index contributed by atoms with van der Waals surface area (Å²) in [6.07, 6.45) is 0.573. The molecular formula is C26H28O5. The number of benzene rings is 3. The first-order valence-corrected chi connectivity index (χ1v) is 10.7. The molecule has 0 bridgehead atoms. The molecule has 0 radical (unpaired) electrons. The van der Waals surface area contributed by atoms with E-state index < -0.39 is 5.97 Å². The van der Waals surface area contributed by atoms with Gasteiger partial charge in [-0.05, 0) is 57.0 Å². The van der Waals surface area contributed by atoms with Crippen LogP contribution in [0.5, 0.6) is 11.5 Å². The third-order valence-electron chi connectivity index (χ3n) is 5.51. The number of ether oxygens (including phenoxy) is 3. The van der Waals surface area contributed by atoms with Crippen molar-refractivity contribution >= 4 is 16.7 Å². The molecule has 1 aliphatic heterocycles. The maximum Gasteiger partial charge on any atom is 0.335 e. The quantitative estimate of drug-likeness (QED) is 0.536. The van der Waals surface area contributed by atoms with Crippen molar-refractivity contribution in [3.8, 4) is 11.5 Å². The fourth-order valence-corrected chi connectivity index (χ4v) is 4.20. The van der Waals surface area contributed by atoms with Crippen molar-refractivity contribution < 1.29 is 24.1 Å². The van der Waals surface area contributed by atoms with Crippen molar-refractivity contribution in [3.63, 3.8) is 0 Å². The minimum atomic E-state index is -0.993. The van der Waals surface area contributed by atoms with E-state index in [0.717, 1.165) is 33.2 Å². The van der Waals surface area contributed by atoms with Crippen molar-refractivity contribution in [3.05, 3.63) is 70.8 Å². The summed E-state index contributed by atoms with van der Waals surface area (Å²) in [5.41, 5.74) is 3.37. The van der Waals surface area contributed by atoms with Gasteiger partial charge in [0.2, 0.25) is 0 Å². The lowest BCUT2D eigenvalue weighted by Gasteiger charge is -2.31. The summed E-state index contributed by atoms with van der Waals surface area (Å²) in [5.74, 6) is 0.269. The molecule has 0 saturated heterocycles. The summed E-state index contributed by atoms with van der Waals surface area (Å²) in [5, 5.41) is 11.3. The summed E-state index contributed by atoms with van der Waals surface area (Å²) in [6, 6.07) is 15.3. The molecule has 5 heteroatoms. The third kappa shape index (κ3) is 4.37. The van der Waals surface area contributed by atoms with Gasteiger partial charge in [-0.1, -0.05) is 30.3 Å². The van der Waals surface area contributed by atoms with Crippen LogP contribution in [0.1, 0.15) is 60.8 Å². The first-order chi connectivity index (χ1) is 14.8. The van der Waals surface area contributed by atoms with Crippen LogP contribution in [0.15, 0.2) is 48.5 Å². The zero-order chi connectivity index (χ0) is 22.1. The average molecular weight is 421 g/mol. The highest BCUT2D eigenvalue weighted by Crippen LogP contribution is 2.44. The van der Waals surface area contributed by atoms with Crippen molar-refractivity contribution in [1.82, 2.24) is 0 Å². The van der Waals surface area contributed by atoms with Gasteiger partial charge in [-0.2, -0.15) is 0 Å². The molecule has 3 aromatic rings. The second-order valence-electron chi connectivity index (χ2n) is 8.38. The number of carbonyl (C=O) groups is 1. The van der Waals surface area contributed by atoms with E-state index in [2.05, 4.69) is 6.07 Å². The van der Waals surface area contributed by atoms with E-state index in [4.69, 9.17) is 14.2 Å². The van der Waals surface area contributed by atoms with Crippen LogP contribution >= 0.6 is 0 Å². The fourth-order valence-electron chi connectivity index (χ4n) is 4.20. The van der Waals surface area contributed by atoms with Crippen LogP contribution < -0.4 is 9.47 Å². The molecule has 1 N–H and O–H groups in total. The zero-order valence-corrected chi connectivity index (χ0v) is 18.3. The number of hydrogen-bond acceptors (Lipinski definition) is 4. The van der Waals surface area contributed by atoms with E-state index >= 15 is 0 Å². The van der Waals surface area contributed by atoms with Crippen molar-refractivity contribution in [2.75, 3.05) is 0 Å². The Morgan fingerprint density at radius 1 is 1.13 bits per heavy atom. The SMILES string of the molecule is CC(C)Oc1cc(C(=O)O)cc2c(OCc3ccccc3)c3c(cc12)[C@@H](C)O[C@@H](C)C3. The number of rotatable bonds is 6. The molecule has 0 amide bonds. The summed E-state index contributed by atoms with van der Waals surface area (Å²) in [7, 11) is 0. The molecule has 3 aromatic carbocycles. The van der Waals surface area contributed by atoms with Gasteiger partial charge in [0.05, 0.1) is 23.9 Å². The lowest BCUT2D eigenvalue weighted by Crippen LogP contribution is -2.23. The van der Waals surface area contributed by atoms with Crippen LogP contribution in [-0.2, 0) is 17.8 Å². The summed E-state index contributed by atoms with van der Waals surface area (Å²) < 4.78 is 18.5. The second-order valence-corrected chi connectivity index (χ2v) is 8.38. The van der Waals surface area contributed by atoms with Gasteiger partial charge in [0.1, 0.15) is 18.1 Å². The highest BCUT2D eigenvalue weighted by Gasteiger charge is 2.28. The maximum absolute atomic E-state index is 11.8. The summed E-state index contributed by atoms with van der Waals surface area (Å²) >= 11 is 0. The summed E-state index contributed by atoms with van der Waals surface area (Å²) in [6.45, 7) is 8.34. The molecule has 162 valence electrons. The van der Waals surface area contributed by atoms with E-state index in [1.807, 2.05) is 58.0 Å². The molecule has 0 aliphatic carbocycles. The molecule has 5 nitrogen and oxygen atoms in total. The van der Waals surface area contributed by atoms with Gasteiger partial charge in [0, 0.05) is 22.8 Å². The molecule has 0 fully saturated rings. The Morgan fingerprint density at radius 2 is 1.87 bits per heavy atom. The Morgan fingerprint density at radius 3 is 2.55 bits per heavy atom. The normalized spacial score (nSPS) is 18.1. The van der Waals surface area contributed by atoms with Gasteiger partial charge >= 0.3 is 5.97 Å². The molecule has 0 saturated carbocycles. The van der Waals surface area contributed by atoms with Crippen LogP contribution in [-0.4, -0.2) is 23.3 Å². The minimum absolute atomic E-state index is 0.0491. The highest BCUT2D eigenvalue weighted by molar-refractivity contribution is 6.01. The first-order valence-electron chi connectivity index (χ1n) is 10.7. The van der Waals surface area contributed by atoms with E-state index in [0.29, 0.717) is 18.8 Å². The van der Waals surface area contributed by atoms with Gasteiger partial charge in [-0.25, -0.2) is 4.79 Å². The van der Waals surface area contributed by atoms with Crippen LogP contribution in [0.2, 0.25) is 0 Å². The zero-order valence-electron chi connectivity index (χ0n) is 18.3. The van der Waals surface area contributed by atoms with Gasteiger partial charge in [0.15, 0.2) is 0 Å². The maximum atomic E-state index is 11.8. The molecule has 0 unspecified atom stereocenters. The van der Waals surface area contributed by atoms with E-state index in [9.17, 15) is 9.90 Å². The molecule has 0 spiro atoms.